The van der Waals surface area contributed by atoms with E-state index in [0.717, 1.165) is 0 Å². The van der Waals surface area contributed by atoms with Crippen molar-refractivity contribution < 1.29 is 16.8 Å². The molecule has 0 amide bonds. The van der Waals surface area contributed by atoms with Gasteiger partial charge in [-0.25, -0.2) is 16.8 Å². The molecule has 0 bridgehead atoms. The molecule has 1 saturated heterocycles. The summed E-state index contributed by atoms with van der Waals surface area (Å²) < 4.78 is 43.5. The van der Waals surface area contributed by atoms with Crippen LogP contribution in [0, 0.1) is 0 Å². The molecular weight excluding hydrogens is 224 g/mol. The van der Waals surface area contributed by atoms with Crippen molar-refractivity contribution in [2.24, 2.45) is 0 Å². The molecule has 0 aromatic heterocycles. The summed E-state index contributed by atoms with van der Waals surface area (Å²) in [6.45, 7) is 0. The zero-order valence-electron chi connectivity index (χ0n) is 6.23. The van der Waals surface area contributed by atoms with Crippen LogP contribution in [-0.4, -0.2) is 33.6 Å². The van der Waals surface area contributed by atoms with Gasteiger partial charge in [0, 0.05) is 10.7 Å². The summed E-state index contributed by atoms with van der Waals surface area (Å²) in [5.41, 5.74) is 0. The zero-order valence-corrected chi connectivity index (χ0v) is 8.62. The van der Waals surface area contributed by atoms with E-state index in [9.17, 15) is 16.8 Å². The third kappa shape index (κ3) is 2.60. The first kappa shape index (κ1) is 10.3. The average Bonchev–Trinajstić information content (AvgIpc) is 1.83. The van der Waals surface area contributed by atoms with Crippen LogP contribution in [-0.2, 0) is 18.9 Å². The summed E-state index contributed by atoms with van der Waals surface area (Å²) in [6.07, 6.45) is 0.740. The second-order valence-electron chi connectivity index (χ2n) is 2.85. The fraction of sp³-hybridized carbons (Fsp3) is 1.00. The Labute approximate surface area is 76.3 Å². The molecule has 1 rings (SSSR count). The molecule has 0 aromatic carbocycles. The Morgan fingerprint density at radius 1 is 1.33 bits per heavy atom. The van der Waals surface area contributed by atoms with Gasteiger partial charge in [-0.2, -0.15) is 0 Å². The lowest BCUT2D eigenvalue weighted by Gasteiger charge is -2.18. The van der Waals surface area contributed by atoms with Crippen LogP contribution in [0.15, 0.2) is 0 Å². The monoisotopic (exact) mass is 232 g/mol. The van der Waals surface area contributed by atoms with Gasteiger partial charge >= 0.3 is 0 Å². The van der Waals surface area contributed by atoms with E-state index in [4.69, 9.17) is 10.7 Å². The van der Waals surface area contributed by atoms with Gasteiger partial charge in [0.2, 0.25) is 9.05 Å². The molecule has 72 valence electrons. The van der Waals surface area contributed by atoms with Crippen LogP contribution in [0.1, 0.15) is 12.8 Å². The summed E-state index contributed by atoms with van der Waals surface area (Å²) in [4.78, 5) is 0. The minimum absolute atomic E-state index is 0.0793. The molecule has 0 spiro atoms. The molecule has 0 aromatic rings. The van der Waals surface area contributed by atoms with Gasteiger partial charge in [-0.15, -0.1) is 0 Å². The maximum atomic E-state index is 11.0. The number of hydrogen-bond acceptors (Lipinski definition) is 4. The van der Waals surface area contributed by atoms with E-state index < -0.39 is 24.1 Å². The molecule has 1 heterocycles. The van der Waals surface area contributed by atoms with E-state index in [0.29, 0.717) is 12.8 Å². The van der Waals surface area contributed by atoms with E-state index in [-0.39, 0.29) is 11.5 Å². The summed E-state index contributed by atoms with van der Waals surface area (Å²) in [5.74, 6) is -0.241. The number of hydrogen-bond donors (Lipinski definition) is 0. The van der Waals surface area contributed by atoms with Crippen molar-refractivity contribution in [2.75, 3.05) is 11.5 Å². The van der Waals surface area contributed by atoms with Crippen molar-refractivity contribution in [2.45, 2.75) is 18.1 Å². The van der Waals surface area contributed by atoms with E-state index in [2.05, 4.69) is 0 Å². The van der Waals surface area contributed by atoms with Crippen LogP contribution < -0.4 is 0 Å². The van der Waals surface area contributed by atoms with Crippen molar-refractivity contribution in [1.29, 1.82) is 0 Å². The Bertz CT molecular complexity index is 343. The van der Waals surface area contributed by atoms with Crippen LogP contribution in [0.2, 0.25) is 0 Å². The predicted octanol–water partition coefficient (Wildman–Crippen LogP) is 0.132. The van der Waals surface area contributed by atoms with E-state index >= 15 is 0 Å². The lowest BCUT2D eigenvalue weighted by atomic mass is 10.3. The largest absolute Gasteiger partial charge is 0.236 e. The van der Waals surface area contributed by atoms with Gasteiger partial charge in [0.1, 0.15) is 0 Å². The first-order valence-electron chi connectivity index (χ1n) is 3.45. The Kier molecular flexibility index (Phi) is 2.70. The fourth-order valence-corrected chi connectivity index (χ4v) is 5.16. The van der Waals surface area contributed by atoms with Gasteiger partial charge < -0.3 is 0 Å². The maximum absolute atomic E-state index is 11.0. The highest BCUT2D eigenvalue weighted by molar-refractivity contribution is 8.14. The van der Waals surface area contributed by atoms with E-state index in [1.54, 1.807) is 0 Å². The second-order valence-corrected chi connectivity index (χ2v) is 7.99. The molecule has 0 N–H and O–H groups in total. The summed E-state index contributed by atoms with van der Waals surface area (Å²) >= 11 is 0. The molecular formula is C5H9ClO4S2. The van der Waals surface area contributed by atoms with E-state index in [1.165, 1.54) is 0 Å². The second kappa shape index (κ2) is 3.16. The first-order chi connectivity index (χ1) is 5.31. The quantitative estimate of drug-likeness (QED) is 0.603. The topological polar surface area (TPSA) is 68.3 Å². The molecule has 4 nitrogen and oxygen atoms in total. The molecule has 0 aliphatic carbocycles. The van der Waals surface area contributed by atoms with Crippen LogP contribution in [0.4, 0.5) is 0 Å². The Morgan fingerprint density at radius 2 is 1.92 bits per heavy atom. The molecule has 1 fully saturated rings. The van der Waals surface area contributed by atoms with E-state index in [1.807, 2.05) is 0 Å². The SMILES string of the molecule is O=S1(=O)CCCC(S(=O)(=O)Cl)C1. The summed E-state index contributed by atoms with van der Waals surface area (Å²) in [6, 6.07) is 0. The molecule has 1 unspecified atom stereocenters. The highest BCUT2D eigenvalue weighted by Gasteiger charge is 2.32. The lowest BCUT2D eigenvalue weighted by Crippen LogP contribution is -2.32. The molecule has 1 aliphatic rings. The summed E-state index contributed by atoms with van der Waals surface area (Å²) in [5, 5.41) is -0.905. The van der Waals surface area contributed by atoms with Crippen molar-refractivity contribution in [3.63, 3.8) is 0 Å². The Morgan fingerprint density at radius 3 is 2.25 bits per heavy atom. The molecule has 0 saturated carbocycles. The Balaban J connectivity index is 2.86. The number of halogens is 1. The van der Waals surface area contributed by atoms with Gasteiger partial charge in [-0.1, -0.05) is 0 Å². The van der Waals surface area contributed by atoms with Crippen molar-refractivity contribution in [3.05, 3.63) is 0 Å². The molecule has 0 radical (unpaired) electrons. The highest BCUT2D eigenvalue weighted by atomic mass is 35.7. The standard InChI is InChI=1S/C5H9ClO4S2/c6-12(9,10)5-2-1-3-11(7,8)4-5/h5H,1-4H2. The normalized spacial score (nSPS) is 29.9. The van der Waals surface area contributed by atoms with Crippen molar-refractivity contribution >= 4 is 29.6 Å². The fourth-order valence-electron chi connectivity index (χ4n) is 1.20. The number of sulfone groups is 1. The third-order valence-corrected chi connectivity index (χ3v) is 5.81. The third-order valence-electron chi connectivity index (χ3n) is 1.82. The summed E-state index contributed by atoms with van der Waals surface area (Å²) in [7, 11) is -1.84. The maximum Gasteiger partial charge on any atom is 0.236 e. The van der Waals surface area contributed by atoms with Crippen LogP contribution in [0.3, 0.4) is 0 Å². The zero-order chi connectivity index (χ0) is 9.41. The van der Waals surface area contributed by atoms with Gasteiger partial charge in [0.25, 0.3) is 0 Å². The van der Waals surface area contributed by atoms with Gasteiger partial charge in [-0.3, -0.25) is 0 Å². The Hall–Kier alpha value is 0.190. The lowest BCUT2D eigenvalue weighted by molar-refractivity contribution is 0.559. The van der Waals surface area contributed by atoms with Gasteiger partial charge in [-0.05, 0) is 12.8 Å². The molecule has 12 heavy (non-hydrogen) atoms. The van der Waals surface area contributed by atoms with Crippen molar-refractivity contribution in [1.82, 2.24) is 0 Å². The minimum atomic E-state index is -3.70. The van der Waals surface area contributed by atoms with Crippen LogP contribution in [0.25, 0.3) is 0 Å². The first-order valence-corrected chi connectivity index (χ1v) is 7.64. The number of rotatable bonds is 1. The predicted molar refractivity (Wildman–Crippen MR) is 46.4 cm³/mol. The van der Waals surface area contributed by atoms with Gasteiger partial charge in [0.15, 0.2) is 9.84 Å². The molecule has 1 atom stereocenters. The van der Waals surface area contributed by atoms with Crippen LogP contribution >= 0.6 is 10.7 Å². The van der Waals surface area contributed by atoms with Gasteiger partial charge in [0.05, 0.1) is 16.8 Å². The smallest absolute Gasteiger partial charge is 0.229 e. The highest BCUT2D eigenvalue weighted by Crippen LogP contribution is 2.21. The minimum Gasteiger partial charge on any atom is -0.229 e. The average molecular weight is 233 g/mol. The van der Waals surface area contributed by atoms with Crippen molar-refractivity contribution in [3.8, 4) is 0 Å². The van der Waals surface area contributed by atoms with Crippen LogP contribution in [0.5, 0.6) is 0 Å². The molecule has 1 aliphatic heterocycles. The molecule has 7 heteroatoms.